The highest BCUT2D eigenvalue weighted by Crippen LogP contribution is 2.30. The van der Waals surface area contributed by atoms with Gasteiger partial charge in [-0.05, 0) is 31.0 Å². The molecule has 0 aromatic heterocycles. The Balaban J connectivity index is 2.06. The molecule has 0 saturated carbocycles. The Labute approximate surface area is 171 Å². The van der Waals surface area contributed by atoms with Gasteiger partial charge in [0.05, 0.1) is 13.2 Å². The van der Waals surface area contributed by atoms with Gasteiger partial charge < -0.3 is 25.8 Å². The lowest BCUT2D eigenvalue weighted by atomic mass is 10.0. The summed E-state index contributed by atoms with van der Waals surface area (Å²) in [6.45, 7) is 3.62. The summed E-state index contributed by atoms with van der Waals surface area (Å²) >= 11 is 0. The van der Waals surface area contributed by atoms with Crippen LogP contribution in [0.5, 0.6) is 11.5 Å². The second kappa shape index (κ2) is 10.9. The van der Waals surface area contributed by atoms with Crippen molar-refractivity contribution in [2.75, 3.05) is 19.0 Å². The predicted molar refractivity (Wildman–Crippen MR) is 113 cm³/mol. The van der Waals surface area contributed by atoms with E-state index < -0.39 is 11.9 Å². The van der Waals surface area contributed by atoms with E-state index in [9.17, 15) is 9.59 Å². The fraction of sp³-hybridized carbons (Fsp3) is 0.364. The Morgan fingerprint density at radius 3 is 2.45 bits per heavy atom. The molecule has 2 rings (SSSR count). The predicted octanol–water partition coefficient (Wildman–Crippen LogP) is 3.02. The second-order valence-electron chi connectivity index (χ2n) is 6.75. The van der Waals surface area contributed by atoms with Crippen LogP contribution < -0.4 is 25.8 Å². The monoisotopic (exact) mass is 399 g/mol. The minimum atomic E-state index is -0.582. The Kier molecular flexibility index (Phi) is 8.33. The van der Waals surface area contributed by atoms with Gasteiger partial charge in [0.25, 0.3) is 5.91 Å². The molecule has 7 nitrogen and oxygen atoms in total. The SMILES string of the molecule is CCCC(NC(=O)C(C)Nc1ccc(OC)c(OCC(N)=O)c1)c1ccccc1. The van der Waals surface area contributed by atoms with Crippen LogP contribution in [0.3, 0.4) is 0 Å². The van der Waals surface area contributed by atoms with Crippen LogP contribution in [0.2, 0.25) is 0 Å². The maximum Gasteiger partial charge on any atom is 0.255 e. The lowest BCUT2D eigenvalue weighted by molar-refractivity contribution is -0.122. The minimum absolute atomic E-state index is 0.0386. The molecule has 29 heavy (non-hydrogen) atoms. The standard InChI is InChI=1S/C22H29N3O4/c1-4-8-18(16-9-6-5-7-10-16)25-22(27)15(2)24-17-11-12-19(28-3)20(13-17)29-14-21(23)26/h5-7,9-13,15,18,24H,4,8,14H2,1-3H3,(H2,23,26)(H,25,27). The first-order chi connectivity index (χ1) is 13.9. The van der Waals surface area contributed by atoms with Gasteiger partial charge in [-0.3, -0.25) is 9.59 Å². The third-order valence-electron chi connectivity index (χ3n) is 4.41. The van der Waals surface area contributed by atoms with Gasteiger partial charge >= 0.3 is 0 Å². The number of anilines is 1. The number of nitrogens with two attached hydrogens (primary N) is 1. The van der Waals surface area contributed by atoms with Crippen molar-refractivity contribution in [1.29, 1.82) is 0 Å². The Hall–Kier alpha value is -3.22. The number of primary amides is 1. The van der Waals surface area contributed by atoms with Gasteiger partial charge in [-0.2, -0.15) is 0 Å². The Morgan fingerprint density at radius 1 is 1.10 bits per heavy atom. The van der Waals surface area contributed by atoms with E-state index in [1.165, 1.54) is 7.11 Å². The molecule has 0 aliphatic carbocycles. The second-order valence-corrected chi connectivity index (χ2v) is 6.75. The molecular formula is C22H29N3O4. The van der Waals surface area contributed by atoms with Crippen LogP contribution in [0.15, 0.2) is 48.5 Å². The minimum Gasteiger partial charge on any atom is -0.493 e. The molecule has 0 spiro atoms. The molecule has 0 aliphatic heterocycles. The molecule has 0 radical (unpaired) electrons. The van der Waals surface area contributed by atoms with Crippen LogP contribution in [0.4, 0.5) is 5.69 Å². The zero-order valence-corrected chi connectivity index (χ0v) is 17.1. The first-order valence-corrected chi connectivity index (χ1v) is 9.65. The van der Waals surface area contributed by atoms with Crippen molar-refractivity contribution in [3.8, 4) is 11.5 Å². The fourth-order valence-electron chi connectivity index (χ4n) is 2.94. The van der Waals surface area contributed by atoms with Gasteiger partial charge in [0.15, 0.2) is 18.1 Å². The smallest absolute Gasteiger partial charge is 0.255 e. The number of nitrogens with one attached hydrogen (secondary N) is 2. The molecule has 0 aliphatic rings. The lowest BCUT2D eigenvalue weighted by Gasteiger charge is -2.22. The fourth-order valence-corrected chi connectivity index (χ4v) is 2.94. The van der Waals surface area contributed by atoms with Crippen molar-refractivity contribution in [3.63, 3.8) is 0 Å². The van der Waals surface area contributed by atoms with E-state index in [1.807, 2.05) is 30.3 Å². The highest BCUT2D eigenvalue weighted by atomic mass is 16.5. The number of hydrogen-bond donors (Lipinski definition) is 3. The van der Waals surface area contributed by atoms with Crippen molar-refractivity contribution in [2.45, 2.75) is 38.8 Å². The summed E-state index contributed by atoms with van der Waals surface area (Å²) in [5.74, 6) is 0.154. The summed E-state index contributed by atoms with van der Waals surface area (Å²) < 4.78 is 10.6. The normalized spacial score (nSPS) is 12.5. The van der Waals surface area contributed by atoms with Crippen molar-refractivity contribution >= 4 is 17.5 Å². The van der Waals surface area contributed by atoms with Gasteiger partial charge in [0.1, 0.15) is 6.04 Å². The number of carbonyl (C=O) groups excluding carboxylic acids is 2. The number of carbonyl (C=O) groups is 2. The Morgan fingerprint density at radius 2 is 1.83 bits per heavy atom. The quantitative estimate of drug-likeness (QED) is 0.539. The molecule has 2 aromatic carbocycles. The zero-order chi connectivity index (χ0) is 21.2. The molecule has 0 saturated heterocycles. The molecule has 2 amide bonds. The van der Waals surface area contributed by atoms with E-state index in [-0.39, 0.29) is 18.6 Å². The van der Waals surface area contributed by atoms with Gasteiger partial charge in [0, 0.05) is 11.8 Å². The summed E-state index contributed by atoms with van der Waals surface area (Å²) in [6, 6.07) is 14.6. The number of amides is 2. The van der Waals surface area contributed by atoms with Gasteiger partial charge in [0.2, 0.25) is 5.91 Å². The number of benzene rings is 2. The van der Waals surface area contributed by atoms with Gasteiger partial charge in [-0.15, -0.1) is 0 Å². The molecule has 4 N–H and O–H groups in total. The Bertz CT molecular complexity index is 811. The third kappa shape index (κ3) is 6.71. The van der Waals surface area contributed by atoms with Crippen LogP contribution >= 0.6 is 0 Å². The summed E-state index contributed by atoms with van der Waals surface area (Å²) in [6.07, 6.45) is 1.82. The maximum atomic E-state index is 12.7. The van der Waals surface area contributed by atoms with E-state index in [2.05, 4.69) is 17.6 Å². The number of methoxy groups -OCH3 is 1. The number of hydrogen-bond acceptors (Lipinski definition) is 5. The summed E-state index contributed by atoms with van der Waals surface area (Å²) in [7, 11) is 1.51. The summed E-state index contributed by atoms with van der Waals surface area (Å²) in [4.78, 5) is 23.7. The van der Waals surface area contributed by atoms with E-state index in [0.29, 0.717) is 17.2 Å². The van der Waals surface area contributed by atoms with Crippen molar-refractivity contribution < 1.29 is 19.1 Å². The summed E-state index contributed by atoms with van der Waals surface area (Å²) in [5, 5.41) is 6.27. The van der Waals surface area contributed by atoms with Crippen LogP contribution in [0.1, 0.15) is 38.3 Å². The van der Waals surface area contributed by atoms with E-state index in [4.69, 9.17) is 15.2 Å². The van der Waals surface area contributed by atoms with Crippen molar-refractivity contribution in [1.82, 2.24) is 5.32 Å². The van der Waals surface area contributed by atoms with Crippen molar-refractivity contribution in [3.05, 3.63) is 54.1 Å². The molecule has 0 fully saturated rings. The molecule has 0 heterocycles. The topological polar surface area (TPSA) is 103 Å². The van der Waals surface area contributed by atoms with E-state index in [0.717, 1.165) is 18.4 Å². The number of rotatable bonds is 11. The molecule has 2 unspecified atom stereocenters. The number of ether oxygens (including phenoxy) is 2. The molecule has 7 heteroatoms. The molecule has 2 atom stereocenters. The molecule has 0 bridgehead atoms. The summed E-state index contributed by atoms with van der Waals surface area (Å²) in [5.41, 5.74) is 6.89. The first kappa shape index (κ1) is 22.1. The highest BCUT2D eigenvalue weighted by molar-refractivity contribution is 5.84. The average molecular weight is 399 g/mol. The van der Waals surface area contributed by atoms with Crippen LogP contribution in [0.25, 0.3) is 0 Å². The van der Waals surface area contributed by atoms with E-state index >= 15 is 0 Å². The van der Waals surface area contributed by atoms with E-state index in [1.54, 1.807) is 25.1 Å². The third-order valence-corrected chi connectivity index (χ3v) is 4.41. The van der Waals surface area contributed by atoms with Gasteiger partial charge in [-0.1, -0.05) is 43.7 Å². The lowest BCUT2D eigenvalue weighted by Crippen LogP contribution is -2.39. The maximum absolute atomic E-state index is 12.7. The largest absolute Gasteiger partial charge is 0.493 e. The highest BCUT2D eigenvalue weighted by Gasteiger charge is 2.19. The average Bonchev–Trinajstić information content (AvgIpc) is 2.72. The molecule has 156 valence electrons. The zero-order valence-electron chi connectivity index (χ0n) is 17.1. The molecular weight excluding hydrogens is 370 g/mol. The van der Waals surface area contributed by atoms with Crippen LogP contribution in [-0.4, -0.2) is 31.6 Å². The van der Waals surface area contributed by atoms with Gasteiger partial charge in [-0.25, -0.2) is 0 Å². The molecule has 2 aromatic rings. The van der Waals surface area contributed by atoms with Crippen molar-refractivity contribution in [2.24, 2.45) is 5.73 Å². The van der Waals surface area contributed by atoms with Crippen LogP contribution in [0, 0.1) is 0 Å². The van der Waals surface area contributed by atoms with Crippen LogP contribution in [-0.2, 0) is 9.59 Å². The first-order valence-electron chi connectivity index (χ1n) is 9.65.